The molecule has 1 atom stereocenters. The van der Waals surface area contributed by atoms with Crippen LogP contribution in [-0.2, 0) is 0 Å². The first-order valence-electron chi connectivity index (χ1n) is 11.2. The normalized spacial score (nSPS) is 11.7. The van der Waals surface area contributed by atoms with Crippen molar-refractivity contribution in [1.82, 2.24) is 29.5 Å². The van der Waals surface area contributed by atoms with Gasteiger partial charge in [0.1, 0.15) is 29.1 Å². The number of para-hydroxylation sites is 1. The molecule has 2 aromatic carbocycles. The van der Waals surface area contributed by atoms with Crippen molar-refractivity contribution in [3.63, 3.8) is 0 Å². The number of nitrogens with one attached hydrogen (secondary N) is 1. The predicted molar refractivity (Wildman–Crippen MR) is 136 cm³/mol. The summed E-state index contributed by atoms with van der Waals surface area (Å²) in [6.07, 6.45) is 4.75. The second-order valence-electron chi connectivity index (χ2n) is 8.13. The minimum absolute atomic E-state index is 0.0283. The van der Waals surface area contributed by atoms with Crippen LogP contribution < -0.4 is 16.6 Å². The quantitative estimate of drug-likeness (QED) is 0.389. The number of rotatable bonds is 5. The van der Waals surface area contributed by atoms with Gasteiger partial charge in [-0.3, -0.25) is 9.36 Å². The van der Waals surface area contributed by atoms with Crippen LogP contribution in [0.1, 0.15) is 30.2 Å². The molecule has 3 aromatic heterocycles. The molecular weight excluding hydrogens is 454 g/mol. The second kappa shape index (κ2) is 9.23. The Balaban J connectivity index is 1.74. The standard InChI is InChI=1S/C26H21N9O/c1-15(32-23-17(11-27)12-31-26(28)34-23)24-33-21-10-6-9-20(18-13-29-16(2)30-14-18)22(21)25(36)35(24)19-7-4-3-5-8-19/h3-10,12-15H,1-2H3,(H3,28,31,32,34)/t15-/m1/s1. The van der Waals surface area contributed by atoms with E-state index in [2.05, 4.69) is 31.3 Å². The van der Waals surface area contributed by atoms with Crippen LogP contribution in [0.15, 0.2) is 71.9 Å². The Morgan fingerprint density at radius 3 is 2.47 bits per heavy atom. The van der Waals surface area contributed by atoms with Gasteiger partial charge in [-0.2, -0.15) is 10.2 Å². The highest BCUT2D eigenvalue weighted by Crippen LogP contribution is 2.28. The first kappa shape index (κ1) is 22.6. The van der Waals surface area contributed by atoms with Crippen molar-refractivity contribution >= 4 is 22.7 Å². The third kappa shape index (κ3) is 4.10. The number of nitrogen functional groups attached to an aromatic ring is 1. The lowest BCUT2D eigenvalue weighted by atomic mass is 10.0. The number of fused-ring (bicyclic) bond motifs is 1. The van der Waals surface area contributed by atoms with Crippen molar-refractivity contribution in [3.8, 4) is 22.9 Å². The second-order valence-corrected chi connectivity index (χ2v) is 8.13. The minimum Gasteiger partial charge on any atom is -0.368 e. The van der Waals surface area contributed by atoms with E-state index in [1.807, 2.05) is 49.4 Å². The van der Waals surface area contributed by atoms with Gasteiger partial charge in [0.15, 0.2) is 0 Å². The Morgan fingerprint density at radius 2 is 1.75 bits per heavy atom. The number of hydrogen-bond acceptors (Lipinski definition) is 9. The Hall–Kier alpha value is -5.17. The van der Waals surface area contributed by atoms with Gasteiger partial charge in [-0.15, -0.1) is 0 Å². The molecule has 5 aromatic rings. The van der Waals surface area contributed by atoms with Crippen LogP contribution in [0.25, 0.3) is 27.7 Å². The minimum atomic E-state index is -0.518. The van der Waals surface area contributed by atoms with Crippen LogP contribution in [0.4, 0.5) is 11.8 Å². The van der Waals surface area contributed by atoms with Crippen molar-refractivity contribution in [2.24, 2.45) is 0 Å². The summed E-state index contributed by atoms with van der Waals surface area (Å²) in [7, 11) is 0. The van der Waals surface area contributed by atoms with E-state index in [1.165, 1.54) is 6.20 Å². The van der Waals surface area contributed by atoms with Gasteiger partial charge >= 0.3 is 0 Å². The number of benzene rings is 2. The Kier molecular flexibility index (Phi) is 5.80. The van der Waals surface area contributed by atoms with Gasteiger partial charge in [-0.1, -0.05) is 30.3 Å². The first-order chi connectivity index (χ1) is 17.5. The summed E-state index contributed by atoms with van der Waals surface area (Å²) in [5, 5.41) is 13.1. The molecule has 3 heterocycles. The van der Waals surface area contributed by atoms with Gasteiger partial charge in [-0.05, 0) is 37.6 Å². The third-order valence-electron chi connectivity index (χ3n) is 5.70. The number of nitrogens with zero attached hydrogens (tertiary/aromatic N) is 7. The molecule has 0 amide bonds. The number of aryl methyl sites for hydroxylation is 1. The van der Waals surface area contributed by atoms with E-state index in [0.29, 0.717) is 33.8 Å². The van der Waals surface area contributed by atoms with Gasteiger partial charge in [0.25, 0.3) is 5.56 Å². The number of hydrogen-bond donors (Lipinski definition) is 2. The predicted octanol–water partition coefficient (Wildman–Crippen LogP) is 3.57. The first-order valence-corrected chi connectivity index (χ1v) is 11.2. The average molecular weight is 476 g/mol. The molecule has 10 nitrogen and oxygen atoms in total. The van der Waals surface area contributed by atoms with Crippen LogP contribution in [-0.4, -0.2) is 29.5 Å². The summed E-state index contributed by atoms with van der Waals surface area (Å²) >= 11 is 0. The molecule has 10 heteroatoms. The molecule has 3 N–H and O–H groups in total. The molecule has 176 valence electrons. The molecule has 0 saturated heterocycles. The highest BCUT2D eigenvalue weighted by atomic mass is 16.1. The topological polar surface area (TPSA) is 148 Å². The average Bonchev–Trinajstić information content (AvgIpc) is 2.89. The molecule has 0 unspecified atom stereocenters. The molecule has 0 spiro atoms. The van der Waals surface area contributed by atoms with E-state index in [9.17, 15) is 10.1 Å². The fraction of sp³-hybridized carbons (Fsp3) is 0.115. The SMILES string of the molecule is Cc1ncc(-c2cccc3nc([C@@H](C)Nc4nc(N)ncc4C#N)n(-c4ccccc4)c(=O)c23)cn1. The molecule has 0 aliphatic carbocycles. The summed E-state index contributed by atoms with van der Waals surface area (Å²) < 4.78 is 1.56. The van der Waals surface area contributed by atoms with Gasteiger partial charge in [-0.25, -0.2) is 19.9 Å². The summed E-state index contributed by atoms with van der Waals surface area (Å²) in [5.41, 5.74) is 8.32. The Bertz CT molecular complexity index is 1670. The zero-order valence-corrected chi connectivity index (χ0v) is 19.5. The molecule has 0 aliphatic rings. The molecule has 5 rings (SSSR count). The zero-order chi connectivity index (χ0) is 25.2. The lowest BCUT2D eigenvalue weighted by Gasteiger charge is -2.21. The number of nitriles is 1. The summed E-state index contributed by atoms with van der Waals surface area (Å²) in [5.74, 6) is 1.37. The summed E-state index contributed by atoms with van der Waals surface area (Å²) in [6.45, 7) is 3.64. The van der Waals surface area contributed by atoms with Crippen LogP contribution in [0.2, 0.25) is 0 Å². The van der Waals surface area contributed by atoms with Crippen molar-refractivity contribution in [3.05, 3.63) is 94.7 Å². The largest absolute Gasteiger partial charge is 0.368 e. The lowest BCUT2D eigenvalue weighted by Crippen LogP contribution is -2.28. The van der Waals surface area contributed by atoms with E-state index in [4.69, 9.17) is 10.7 Å². The smallest absolute Gasteiger partial charge is 0.266 e. The highest BCUT2D eigenvalue weighted by molar-refractivity contribution is 5.94. The molecule has 0 fully saturated rings. The monoisotopic (exact) mass is 475 g/mol. The zero-order valence-electron chi connectivity index (χ0n) is 19.5. The van der Waals surface area contributed by atoms with E-state index in [-0.39, 0.29) is 22.9 Å². The van der Waals surface area contributed by atoms with Crippen LogP contribution >= 0.6 is 0 Å². The van der Waals surface area contributed by atoms with Crippen molar-refractivity contribution < 1.29 is 0 Å². The lowest BCUT2D eigenvalue weighted by molar-refractivity contribution is 0.730. The van der Waals surface area contributed by atoms with Gasteiger partial charge in [0.2, 0.25) is 5.95 Å². The van der Waals surface area contributed by atoms with Crippen LogP contribution in [0, 0.1) is 18.3 Å². The van der Waals surface area contributed by atoms with Gasteiger partial charge in [0, 0.05) is 18.0 Å². The molecule has 36 heavy (non-hydrogen) atoms. The van der Waals surface area contributed by atoms with E-state index >= 15 is 0 Å². The molecule has 0 radical (unpaired) electrons. The maximum Gasteiger partial charge on any atom is 0.266 e. The summed E-state index contributed by atoms with van der Waals surface area (Å²) in [6, 6.07) is 16.3. The van der Waals surface area contributed by atoms with Gasteiger partial charge in [0.05, 0.1) is 28.8 Å². The number of nitrogens with two attached hydrogens (primary N) is 1. The van der Waals surface area contributed by atoms with Crippen LogP contribution in [0.5, 0.6) is 0 Å². The molecule has 0 aliphatic heterocycles. The summed E-state index contributed by atoms with van der Waals surface area (Å²) in [4.78, 5) is 35.6. The van der Waals surface area contributed by atoms with Crippen molar-refractivity contribution in [2.75, 3.05) is 11.1 Å². The maximum absolute atomic E-state index is 14.1. The van der Waals surface area contributed by atoms with Gasteiger partial charge < -0.3 is 11.1 Å². The van der Waals surface area contributed by atoms with Crippen molar-refractivity contribution in [2.45, 2.75) is 19.9 Å². The highest BCUT2D eigenvalue weighted by Gasteiger charge is 2.21. The molecule has 0 bridgehead atoms. The fourth-order valence-corrected chi connectivity index (χ4v) is 3.99. The van der Waals surface area contributed by atoms with E-state index < -0.39 is 6.04 Å². The number of anilines is 2. The Labute approximate surface area is 206 Å². The molecular formula is C26H21N9O. The van der Waals surface area contributed by atoms with Crippen molar-refractivity contribution in [1.29, 1.82) is 5.26 Å². The third-order valence-corrected chi connectivity index (χ3v) is 5.70. The fourth-order valence-electron chi connectivity index (χ4n) is 3.99. The van der Waals surface area contributed by atoms with E-state index in [1.54, 1.807) is 30.0 Å². The van der Waals surface area contributed by atoms with E-state index in [0.717, 1.165) is 5.56 Å². The van der Waals surface area contributed by atoms with Crippen LogP contribution in [0.3, 0.4) is 0 Å². The molecule has 0 saturated carbocycles. The number of aromatic nitrogens is 6. The maximum atomic E-state index is 14.1. The Morgan fingerprint density at radius 1 is 1.00 bits per heavy atom.